The molecule has 0 spiro atoms. The van der Waals surface area contributed by atoms with Crippen molar-refractivity contribution < 1.29 is 13.2 Å². The predicted molar refractivity (Wildman–Crippen MR) is 56.5 cm³/mol. The molecule has 0 N–H and O–H groups in total. The van der Waals surface area contributed by atoms with E-state index in [4.69, 9.17) is 0 Å². The van der Waals surface area contributed by atoms with Crippen molar-refractivity contribution in [1.29, 1.82) is 0 Å². The van der Waals surface area contributed by atoms with E-state index in [0.717, 1.165) is 11.1 Å². The average molecular weight is 232 g/mol. The Labute approximate surface area is 90.9 Å². The van der Waals surface area contributed by atoms with E-state index in [1.54, 1.807) is 13.0 Å². The Hall–Kier alpha value is -0.640. The quantitative estimate of drug-likeness (QED) is 0.606. The van der Waals surface area contributed by atoms with Crippen LogP contribution >= 0.6 is 11.8 Å². The number of hydrogen-bond acceptors (Lipinski definition) is 1. The third kappa shape index (κ3) is 1.75. The molecule has 82 valence electrons. The van der Waals surface area contributed by atoms with Crippen molar-refractivity contribution in [3.63, 3.8) is 0 Å². The van der Waals surface area contributed by atoms with E-state index in [1.807, 2.05) is 12.3 Å². The first kappa shape index (κ1) is 10.9. The van der Waals surface area contributed by atoms with E-state index in [0.29, 0.717) is 0 Å². The maximum atomic E-state index is 12.6. The zero-order valence-corrected chi connectivity index (χ0v) is 9.25. The lowest BCUT2D eigenvalue weighted by atomic mass is 9.85. The molecular weight excluding hydrogens is 221 g/mol. The van der Waals surface area contributed by atoms with Crippen molar-refractivity contribution in [2.45, 2.75) is 25.3 Å². The Morgan fingerprint density at radius 3 is 2.53 bits per heavy atom. The summed E-state index contributed by atoms with van der Waals surface area (Å²) in [7, 11) is 0. The Morgan fingerprint density at radius 1 is 1.27 bits per heavy atom. The molecule has 4 heteroatoms. The van der Waals surface area contributed by atoms with Crippen molar-refractivity contribution in [1.82, 2.24) is 0 Å². The maximum Gasteiger partial charge on any atom is 0.413 e. The van der Waals surface area contributed by atoms with Gasteiger partial charge >= 0.3 is 6.18 Å². The predicted octanol–water partition coefficient (Wildman–Crippen LogP) is 4.07. The zero-order valence-electron chi connectivity index (χ0n) is 8.43. The highest BCUT2D eigenvalue weighted by molar-refractivity contribution is 8.03. The van der Waals surface area contributed by atoms with Crippen LogP contribution in [0.1, 0.15) is 13.8 Å². The third-order valence-corrected chi connectivity index (χ3v) is 4.31. The second kappa shape index (κ2) is 3.44. The lowest BCUT2D eigenvalue weighted by molar-refractivity contribution is -0.0982. The van der Waals surface area contributed by atoms with E-state index in [9.17, 15) is 13.2 Å². The first-order chi connectivity index (χ1) is 6.91. The summed E-state index contributed by atoms with van der Waals surface area (Å²) in [4.78, 5) is 0. The van der Waals surface area contributed by atoms with Crippen LogP contribution in [0.5, 0.6) is 0 Å². The van der Waals surface area contributed by atoms with Crippen LogP contribution in [-0.4, -0.2) is 11.4 Å². The summed E-state index contributed by atoms with van der Waals surface area (Å²) in [5.41, 5.74) is 1.72. The SMILES string of the molecule is CC1=CSC2C1=CC=C(C(F)(F)F)C2C. The Kier molecular flexibility index (Phi) is 2.49. The fourth-order valence-corrected chi connectivity index (χ4v) is 3.28. The van der Waals surface area contributed by atoms with Crippen LogP contribution < -0.4 is 0 Å². The Bertz CT molecular complexity index is 374. The van der Waals surface area contributed by atoms with Gasteiger partial charge in [-0.3, -0.25) is 0 Å². The second-order valence-corrected chi connectivity index (χ2v) is 4.90. The molecule has 0 fully saturated rings. The van der Waals surface area contributed by atoms with E-state index in [2.05, 4.69) is 0 Å². The third-order valence-electron chi connectivity index (χ3n) is 2.87. The van der Waals surface area contributed by atoms with Gasteiger partial charge in [0.1, 0.15) is 0 Å². The van der Waals surface area contributed by atoms with Crippen LogP contribution in [0.25, 0.3) is 0 Å². The van der Waals surface area contributed by atoms with Crippen LogP contribution in [0.3, 0.4) is 0 Å². The van der Waals surface area contributed by atoms with Crippen LogP contribution in [0.15, 0.2) is 34.3 Å². The molecule has 0 radical (unpaired) electrons. The van der Waals surface area contributed by atoms with Gasteiger partial charge in [0, 0.05) is 16.7 Å². The van der Waals surface area contributed by atoms with Crippen LogP contribution in [0.4, 0.5) is 13.2 Å². The summed E-state index contributed by atoms with van der Waals surface area (Å²) >= 11 is 1.49. The maximum absolute atomic E-state index is 12.6. The molecule has 2 rings (SSSR count). The minimum absolute atomic E-state index is 0.0494. The molecular formula is C11H11F3S. The first-order valence-corrected chi connectivity index (χ1v) is 5.67. The van der Waals surface area contributed by atoms with Gasteiger partial charge in [-0.05, 0) is 23.5 Å². The molecule has 0 aromatic carbocycles. The molecule has 0 aromatic heterocycles. The topological polar surface area (TPSA) is 0 Å². The van der Waals surface area contributed by atoms with Gasteiger partial charge in [0.15, 0.2) is 0 Å². The minimum atomic E-state index is -4.20. The molecule has 0 amide bonds. The molecule has 1 heterocycles. The molecule has 0 aromatic rings. The van der Waals surface area contributed by atoms with Gasteiger partial charge in [-0.1, -0.05) is 19.1 Å². The molecule has 0 bridgehead atoms. The molecule has 1 aliphatic heterocycles. The number of halogens is 3. The lowest BCUT2D eigenvalue weighted by Crippen LogP contribution is -2.28. The fraction of sp³-hybridized carbons (Fsp3) is 0.455. The largest absolute Gasteiger partial charge is 0.413 e. The smallest absolute Gasteiger partial charge is 0.166 e. The van der Waals surface area contributed by atoms with Gasteiger partial charge < -0.3 is 0 Å². The number of rotatable bonds is 0. The van der Waals surface area contributed by atoms with Crippen molar-refractivity contribution in [2.75, 3.05) is 0 Å². The van der Waals surface area contributed by atoms with Crippen molar-refractivity contribution in [3.05, 3.63) is 34.3 Å². The lowest BCUT2D eigenvalue weighted by Gasteiger charge is -2.28. The number of alkyl halides is 3. The summed E-state index contributed by atoms with van der Waals surface area (Å²) in [5.74, 6) is -0.455. The van der Waals surface area contributed by atoms with Crippen molar-refractivity contribution in [2.24, 2.45) is 5.92 Å². The van der Waals surface area contributed by atoms with Crippen LogP contribution in [0, 0.1) is 5.92 Å². The summed E-state index contributed by atoms with van der Waals surface area (Å²) in [6.45, 7) is 3.59. The van der Waals surface area contributed by atoms with Gasteiger partial charge in [-0.2, -0.15) is 13.2 Å². The highest BCUT2D eigenvalue weighted by Gasteiger charge is 2.43. The van der Waals surface area contributed by atoms with Crippen LogP contribution in [-0.2, 0) is 0 Å². The molecule has 2 aliphatic rings. The minimum Gasteiger partial charge on any atom is -0.166 e. The molecule has 0 nitrogen and oxygen atoms in total. The Balaban J connectivity index is 2.37. The molecule has 0 saturated heterocycles. The first-order valence-electron chi connectivity index (χ1n) is 4.73. The van der Waals surface area contributed by atoms with Gasteiger partial charge in [-0.25, -0.2) is 0 Å². The van der Waals surface area contributed by atoms with E-state index in [1.165, 1.54) is 17.8 Å². The van der Waals surface area contributed by atoms with Crippen molar-refractivity contribution in [3.8, 4) is 0 Å². The number of thioether (sulfide) groups is 1. The van der Waals surface area contributed by atoms with E-state index >= 15 is 0 Å². The number of allylic oxidation sites excluding steroid dienone is 4. The molecule has 15 heavy (non-hydrogen) atoms. The summed E-state index contributed by atoms with van der Waals surface area (Å²) in [6, 6.07) is 0. The normalized spacial score (nSPS) is 30.6. The average Bonchev–Trinajstić information content (AvgIpc) is 2.47. The number of fused-ring (bicyclic) bond motifs is 1. The van der Waals surface area contributed by atoms with Crippen molar-refractivity contribution >= 4 is 11.8 Å². The van der Waals surface area contributed by atoms with Gasteiger partial charge in [0.25, 0.3) is 0 Å². The highest BCUT2D eigenvalue weighted by Crippen LogP contribution is 2.47. The second-order valence-electron chi connectivity index (χ2n) is 3.89. The molecule has 2 atom stereocenters. The standard InChI is InChI=1S/C11H11F3S/c1-6-5-15-10-7(2)9(11(12,13)14)4-3-8(6)10/h3-5,7,10H,1-2H3. The molecule has 0 saturated carbocycles. The van der Waals surface area contributed by atoms with Gasteiger partial charge in [-0.15, -0.1) is 11.8 Å². The zero-order chi connectivity index (χ0) is 11.2. The Morgan fingerprint density at radius 2 is 1.93 bits per heavy atom. The monoisotopic (exact) mass is 232 g/mol. The van der Waals surface area contributed by atoms with E-state index in [-0.39, 0.29) is 5.25 Å². The molecule has 1 aliphatic carbocycles. The van der Waals surface area contributed by atoms with Gasteiger partial charge in [0.2, 0.25) is 0 Å². The summed E-state index contributed by atoms with van der Waals surface area (Å²) in [6.07, 6.45) is -1.36. The summed E-state index contributed by atoms with van der Waals surface area (Å²) in [5, 5.41) is 1.90. The van der Waals surface area contributed by atoms with E-state index < -0.39 is 17.7 Å². The summed E-state index contributed by atoms with van der Waals surface area (Å²) < 4.78 is 37.9. The van der Waals surface area contributed by atoms with Gasteiger partial charge in [0.05, 0.1) is 0 Å². The highest BCUT2D eigenvalue weighted by atomic mass is 32.2. The molecule has 2 unspecified atom stereocenters. The van der Waals surface area contributed by atoms with Crippen LogP contribution in [0.2, 0.25) is 0 Å². The number of hydrogen-bond donors (Lipinski definition) is 0. The fourth-order valence-electron chi connectivity index (χ4n) is 2.00.